The molecule has 4 rings (SSSR count). The number of rotatable bonds is 7. The molecule has 0 bridgehead atoms. The molecule has 0 radical (unpaired) electrons. The van der Waals surface area contributed by atoms with Crippen LogP contribution in [0.25, 0.3) is 10.9 Å². The molecular weight excluding hydrogens is 426 g/mol. The van der Waals surface area contributed by atoms with E-state index in [4.69, 9.17) is 16.3 Å². The lowest BCUT2D eigenvalue weighted by Gasteiger charge is -2.18. The minimum absolute atomic E-state index is 0.116. The van der Waals surface area contributed by atoms with Crippen LogP contribution in [0, 0.1) is 0 Å². The molecule has 0 aliphatic heterocycles. The lowest BCUT2D eigenvalue weighted by Crippen LogP contribution is -2.45. The Bertz CT molecular complexity index is 1210. The number of H-pyrrole nitrogens is 1. The van der Waals surface area contributed by atoms with Gasteiger partial charge in [0.1, 0.15) is 12.6 Å². The summed E-state index contributed by atoms with van der Waals surface area (Å²) in [5.74, 6) is -0.353. The van der Waals surface area contributed by atoms with Gasteiger partial charge in [0.25, 0.3) is 0 Å². The standard InChI is InChI=1S/C25H22ClN3O3/c26-19-10-12-20(13-11-19)28-24(30)23(14-18-15-27-22-9-5-4-8-21(18)22)29-25(31)32-16-17-6-2-1-3-7-17/h1-13,15,23,27H,14,16H2,(H,28,30)(H,29,31)/t23-/m1/s1. The fourth-order valence-corrected chi connectivity index (χ4v) is 3.53. The number of anilines is 1. The predicted octanol–water partition coefficient (Wildman–Crippen LogP) is 5.30. The van der Waals surface area contributed by atoms with Crippen molar-refractivity contribution >= 4 is 40.2 Å². The lowest BCUT2D eigenvalue weighted by atomic mass is 10.0. The number of nitrogens with one attached hydrogen (secondary N) is 3. The third-order valence-electron chi connectivity index (χ3n) is 5.03. The number of carbonyl (C=O) groups is 2. The number of amides is 2. The van der Waals surface area contributed by atoms with Crippen molar-refractivity contribution in [1.29, 1.82) is 0 Å². The normalized spacial score (nSPS) is 11.7. The fourth-order valence-electron chi connectivity index (χ4n) is 3.40. The van der Waals surface area contributed by atoms with Crippen LogP contribution in [0.1, 0.15) is 11.1 Å². The van der Waals surface area contributed by atoms with Crippen LogP contribution in [-0.2, 0) is 22.6 Å². The summed E-state index contributed by atoms with van der Waals surface area (Å²) < 4.78 is 5.33. The van der Waals surface area contributed by atoms with E-state index in [1.807, 2.05) is 60.8 Å². The van der Waals surface area contributed by atoms with E-state index in [0.29, 0.717) is 17.1 Å². The van der Waals surface area contributed by atoms with E-state index in [1.165, 1.54) is 0 Å². The zero-order valence-electron chi connectivity index (χ0n) is 17.2. The zero-order chi connectivity index (χ0) is 22.3. The van der Waals surface area contributed by atoms with Crippen LogP contribution in [0.15, 0.2) is 85.1 Å². The van der Waals surface area contributed by atoms with Crippen molar-refractivity contribution in [2.45, 2.75) is 19.1 Å². The largest absolute Gasteiger partial charge is 0.445 e. The van der Waals surface area contributed by atoms with Crippen LogP contribution >= 0.6 is 11.6 Å². The molecule has 0 aliphatic rings. The number of para-hydroxylation sites is 1. The van der Waals surface area contributed by atoms with Gasteiger partial charge in [0, 0.05) is 34.2 Å². The van der Waals surface area contributed by atoms with Gasteiger partial charge in [-0.25, -0.2) is 4.79 Å². The summed E-state index contributed by atoms with van der Waals surface area (Å²) in [5, 5.41) is 7.11. The van der Waals surface area contributed by atoms with Gasteiger partial charge in [-0.2, -0.15) is 0 Å². The Morgan fingerprint density at radius 3 is 2.44 bits per heavy atom. The number of aromatic nitrogens is 1. The summed E-state index contributed by atoms with van der Waals surface area (Å²) in [4.78, 5) is 28.7. The lowest BCUT2D eigenvalue weighted by molar-refractivity contribution is -0.118. The molecule has 0 fully saturated rings. The van der Waals surface area contributed by atoms with E-state index in [1.54, 1.807) is 24.3 Å². The van der Waals surface area contributed by atoms with Crippen LogP contribution in [0.4, 0.5) is 10.5 Å². The van der Waals surface area contributed by atoms with E-state index in [0.717, 1.165) is 22.0 Å². The maximum Gasteiger partial charge on any atom is 0.408 e. The van der Waals surface area contributed by atoms with Crippen molar-refractivity contribution in [3.8, 4) is 0 Å². The summed E-state index contributed by atoms with van der Waals surface area (Å²) in [6, 6.07) is 23.1. The van der Waals surface area contributed by atoms with Gasteiger partial charge in [0.15, 0.2) is 0 Å². The first-order valence-electron chi connectivity index (χ1n) is 10.2. The average molecular weight is 448 g/mol. The summed E-state index contributed by atoms with van der Waals surface area (Å²) in [7, 11) is 0. The topological polar surface area (TPSA) is 83.2 Å². The number of halogens is 1. The van der Waals surface area contributed by atoms with Gasteiger partial charge in [0.05, 0.1) is 0 Å². The second kappa shape index (κ2) is 10.0. The highest BCUT2D eigenvalue weighted by Gasteiger charge is 2.23. The summed E-state index contributed by atoms with van der Waals surface area (Å²) in [5.41, 5.74) is 3.33. The SMILES string of the molecule is O=C(N[C@H](Cc1c[nH]c2ccccc12)C(=O)Nc1ccc(Cl)cc1)OCc1ccccc1. The number of fused-ring (bicyclic) bond motifs is 1. The summed E-state index contributed by atoms with van der Waals surface area (Å²) in [6.45, 7) is 0.116. The number of aromatic amines is 1. The van der Waals surface area contributed by atoms with Gasteiger partial charge in [-0.05, 0) is 41.5 Å². The molecule has 0 spiro atoms. The molecule has 162 valence electrons. The number of carbonyl (C=O) groups excluding carboxylic acids is 2. The van der Waals surface area contributed by atoms with Gasteiger partial charge in [-0.1, -0.05) is 60.1 Å². The number of alkyl carbamates (subject to hydrolysis) is 1. The van der Waals surface area contributed by atoms with E-state index < -0.39 is 12.1 Å². The number of hydrogen-bond acceptors (Lipinski definition) is 3. The molecule has 0 saturated carbocycles. The highest BCUT2D eigenvalue weighted by Crippen LogP contribution is 2.20. The molecule has 1 atom stereocenters. The Balaban J connectivity index is 1.49. The van der Waals surface area contributed by atoms with Gasteiger partial charge < -0.3 is 20.4 Å². The second-order valence-electron chi connectivity index (χ2n) is 7.32. The quantitative estimate of drug-likeness (QED) is 0.359. The zero-order valence-corrected chi connectivity index (χ0v) is 17.9. The first-order valence-corrected chi connectivity index (χ1v) is 10.5. The Hall–Kier alpha value is -3.77. The smallest absolute Gasteiger partial charge is 0.408 e. The fraction of sp³-hybridized carbons (Fsp3) is 0.120. The number of hydrogen-bond donors (Lipinski definition) is 3. The van der Waals surface area contributed by atoms with Crippen LogP contribution < -0.4 is 10.6 Å². The van der Waals surface area contributed by atoms with E-state index in [-0.39, 0.29) is 12.5 Å². The highest BCUT2D eigenvalue weighted by atomic mass is 35.5. The first-order chi connectivity index (χ1) is 15.6. The molecule has 1 heterocycles. The molecule has 2 amide bonds. The van der Waals surface area contributed by atoms with Crippen LogP contribution in [-0.4, -0.2) is 23.0 Å². The van der Waals surface area contributed by atoms with Gasteiger partial charge in [-0.3, -0.25) is 4.79 Å². The maximum atomic E-state index is 13.0. The Morgan fingerprint density at radius 1 is 0.938 bits per heavy atom. The van der Waals surface area contributed by atoms with Crippen molar-refractivity contribution in [2.24, 2.45) is 0 Å². The Morgan fingerprint density at radius 2 is 1.66 bits per heavy atom. The third-order valence-corrected chi connectivity index (χ3v) is 5.28. The molecule has 4 aromatic rings. The molecule has 3 N–H and O–H groups in total. The maximum absolute atomic E-state index is 13.0. The summed E-state index contributed by atoms with van der Waals surface area (Å²) in [6.07, 6.45) is 1.48. The molecule has 32 heavy (non-hydrogen) atoms. The van der Waals surface area contributed by atoms with Gasteiger partial charge in [-0.15, -0.1) is 0 Å². The van der Waals surface area contributed by atoms with E-state index in [2.05, 4.69) is 15.6 Å². The minimum atomic E-state index is -0.840. The van der Waals surface area contributed by atoms with Crippen molar-refractivity contribution in [3.63, 3.8) is 0 Å². The van der Waals surface area contributed by atoms with Crippen molar-refractivity contribution < 1.29 is 14.3 Å². The van der Waals surface area contributed by atoms with Crippen LogP contribution in [0.2, 0.25) is 5.02 Å². The van der Waals surface area contributed by atoms with Crippen molar-refractivity contribution in [3.05, 3.63) is 101 Å². The molecule has 3 aromatic carbocycles. The molecule has 0 unspecified atom stereocenters. The monoisotopic (exact) mass is 447 g/mol. The van der Waals surface area contributed by atoms with Crippen LogP contribution in [0.3, 0.4) is 0 Å². The molecule has 1 aromatic heterocycles. The van der Waals surface area contributed by atoms with Crippen LogP contribution in [0.5, 0.6) is 0 Å². The van der Waals surface area contributed by atoms with Crippen molar-refractivity contribution in [2.75, 3.05) is 5.32 Å². The molecule has 6 nitrogen and oxygen atoms in total. The highest BCUT2D eigenvalue weighted by molar-refractivity contribution is 6.30. The minimum Gasteiger partial charge on any atom is -0.445 e. The average Bonchev–Trinajstić information content (AvgIpc) is 3.22. The third kappa shape index (κ3) is 5.47. The van der Waals surface area contributed by atoms with E-state index in [9.17, 15) is 9.59 Å². The Labute approximate surface area is 190 Å². The number of benzene rings is 3. The molecule has 0 aliphatic carbocycles. The molecule has 7 heteroatoms. The molecule has 0 saturated heterocycles. The predicted molar refractivity (Wildman–Crippen MR) is 126 cm³/mol. The van der Waals surface area contributed by atoms with Crippen molar-refractivity contribution in [1.82, 2.24) is 10.3 Å². The first kappa shape index (κ1) is 21.5. The second-order valence-corrected chi connectivity index (χ2v) is 7.75. The Kier molecular flexibility index (Phi) is 6.72. The van der Waals surface area contributed by atoms with Gasteiger partial charge in [0.2, 0.25) is 5.91 Å². The van der Waals surface area contributed by atoms with Gasteiger partial charge >= 0.3 is 6.09 Å². The molecular formula is C25H22ClN3O3. The van der Waals surface area contributed by atoms with E-state index >= 15 is 0 Å². The summed E-state index contributed by atoms with van der Waals surface area (Å²) >= 11 is 5.93. The number of ether oxygens (including phenoxy) is 1.